The van der Waals surface area contributed by atoms with E-state index in [-0.39, 0.29) is 31.6 Å². The Morgan fingerprint density at radius 3 is 1.88 bits per heavy atom. The van der Waals surface area contributed by atoms with Gasteiger partial charge in [0.1, 0.15) is 12.2 Å². The van der Waals surface area contributed by atoms with Crippen LogP contribution in [0.5, 0.6) is 0 Å². The molecule has 0 saturated carbocycles. The van der Waals surface area contributed by atoms with E-state index in [9.17, 15) is 60.7 Å². The van der Waals surface area contributed by atoms with Crippen molar-refractivity contribution in [3.63, 3.8) is 0 Å². The van der Waals surface area contributed by atoms with Crippen LogP contribution in [0, 0.1) is 17.8 Å². The zero-order chi connectivity index (χ0) is 53.1. The summed E-state index contributed by atoms with van der Waals surface area (Å²) < 4.78 is 23.9. The maximum absolute atomic E-state index is 14.1. The number of esters is 1. The summed E-state index contributed by atoms with van der Waals surface area (Å²) in [6.45, 7) is 9.16. The second-order valence-corrected chi connectivity index (χ2v) is 20.0. The number of fused-ring (bicyclic) bond motifs is 2. The normalized spacial score (nSPS) is 40.9. The number of ether oxygens (including phenoxy) is 4. The lowest BCUT2D eigenvalue weighted by molar-refractivity contribution is -0.307. The van der Waals surface area contributed by atoms with Gasteiger partial charge in [-0.15, -0.1) is 0 Å². The smallest absolute Gasteiger partial charge is 0.308 e. The van der Waals surface area contributed by atoms with Gasteiger partial charge in [-0.1, -0.05) is 98.9 Å². The quantitative estimate of drug-likeness (QED) is 0.164. The highest BCUT2D eigenvalue weighted by Crippen LogP contribution is 2.38. The topological polar surface area (TPSA) is 318 Å². The van der Waals surface area contributed by atoms with Gasteiger partial charge in [-0.2, -0.15) is 0 Å². The number of piperazine rings is 1. The van der Waals surface area contributed by atoms with Crippen molar-refractivity contribution in [1.29, 1.82) is 0 Å². The van der Waals surface area contributed by atoms with Crippen molar-refractivity contribution in [2.24, 2.45) is 23.5 Å². The monoisotopic (exact) mass is 1020 g/mol. The molecule has 0 aromatic rings. The number of allylic oxidation sites excluding steroid dienone is 12. The highest BCUT2D eigenvalue weighted by molar-refractivity contribution is 5.79. The minimum Gasteiger partial charge on any atom is -0.462 e. The molecule has 20 nitrogen and oxygen atoms in total. The molecule has 0 aromatic heterocycles. The number of hydrogen-bond acceptors (Lipinski definition) is 19. The van der Waals surface area contributed by atoms with Gasteiger partial charge >= 0.3 is 5.97 Å². The largest absolute Gasteiger partial charge is 0.462 e. The van der Waals surface area contributed by atoms with E-state index in [4.69, 9.17) is 24.7 Å². The van der Waals surface area contributed by atoms with Crippen LogP contribution in [0.15, 0.2) is 85.1 Å². The lowest BCUT2D eigenvalue weighted by Gasteiger charge is -2.46. The van der Waals surface area contributed by atoms with E-state index < -0.39 is 147 Å². The van der Waals surface area contributed by atoms with Crippen LogP contribution >= 0.6 is 0 Å². The van der Waals surface area contributed by atoms with Crippen LogP contribution in [0.4, 0.5) is 0 Å². The third-order valence-corrected chi connectivity index (χ3v) is 13.8. The third kappa shape index (κ3) is 20.0. The molecule has 0 aliphatic carbocycles. The molecular weight excluding hydrogens is 937 g/mol. The van der Waals surface area contributed by atoms with Crippen molar-refractivity contribution < 1.29 is 79.6 Å². The molecule has 2 bridgehead atoms. The first kappa shape index (κ1) is 61.0. The summed E-state index contributed by atoms with van der Waals surface area (Å²) in [4.78, 5) is 28.9. The van der Waals surface area contributed by atoms with E-state index in [0.717, 1.165) is 0 Å². The summed E-state index contributed by atoms with van der Waals surface area (Å²) in [5.41, 5.74) is 9.01. The minimum atomic E-state index is -2.27. The van der Waals surface area contributed by atoms with Crippen molar-refractivity contribution in [1.82, 2.24) is 15.3 Å². The summed E-state index contributed by atoms with van der Waals surface area (Å²) in [5, 5.41) is 112. The maximum Gasteiger partial charge on any atom is 0.308 e. The van der Waals surface area contributed by atoms with Crippen LogP contribution in [0.2, 0.25) is 0 Å². The van der Waals surface area contributed by atoms with Crippen molar-refractivity contribution in [2.45, 2.75) is 177 Å². The highest BCUT2D eigenvalue weighted by Gasteiger charge is 2.51. The molecular formula is C52H84N4O16. The van der Waals surface area contributed by atoms with E-state index in [0.29, 0.717) is 26.2 Å². The van der Waals surface area contributed by atoms with Crippen molar-refractivity contribution in [3.05, 3.63) is 85.1 Å². The molecule has 0 aromatic carbocycles. The molecule has 3 saturated heterocycles. The molecule has 4 aliphatic heterocycles. The van der Waals surface area contributed by atoms with Crippen LogP contribution in [-0.4, -0.2) is 204 Å². The SMILES string of the molecule is C[C@@H]1[C@H](O)[C@@H](C)C=CC=CC=CC=CC=CC=CC=C[C@H](O[C@@H]2O[C@H](C)[C@@H](O)[C@H](N)[C@@H]2O)C[C@@H]2O[C@](O)(C[C@@H](O)C[C@@H](O)[C@H](O)CC[C@@H](O)C[C@@H](O)CC(=O)O[C@H]1C)C[C@H](O)[C@H]2C(=O)NN1CCN(C)CC1. The Hall–Kier alpha value is -3.52. The minimum absolute atomic E-state index is 0.0922. The van der Waals surface area contributed by atoms with Gasteiger partial charge in [-0.3, -0.25) is 15.0 Å². The van der Waals surface area contributed by atoms with Gasteiger partial charge in [0.25, 0.3) is 0 Å². The van der Waals surface area contributed by atoms with Gasteiger partial charge in [-0.05, 0) is 40.2 Å². The summed E-state index contributed by atoms with van der Waals surface area (Å²) >= 11 is 0. The number of aliphatic hydroxyl groups excluding tert-OH is 9. The van der Waals surface area contributed by atoms with Crippen LogP contribution in [0.1, 0.15) is 79.1 Å². The van der Waals surface area contributed by atoms with Gasteiger partial charge in [0.05, 0.1) is 85.5 Å². The van der Waals surface area contributed by atoms with Gasteiger partial charge in [0, 0.05) is 63.7 Å². The van der Waals surface area contributed by atoms with E-state index in [2.05, 4.69) is 10.3 Å². The van der Waals surface area contributed by atoms with Gasteiger partial charge in [0.2, 0.25) is 5.91 Å². The first-order valence-corrected chi connectivity index (χ1v) is 25.3. The van der Waals surface area contributed by atoms with Crippen molar-refractivity contribution in [2.75, 3.05) is 33.2 Å². The lowest BCUT2D eigenvalue weighted by Crippen LogP contribution is -2.62. The molecule has 3 fully saturated rings. The fraction of sp³-hybridized carbons (Fsp3) is 0.692. The highest BCUT2D eigenvalue weighted by atomic mass is 16.7. The fourth-order valence-corrected chi connectivity index (χ4v) is 9.14. The van der Waals surface area contributed by atoms with Crippen molar-refractivity contribution >= 4 is 11.9 Å². The standard InChI is InChI=1S/C52H84N4O16/c1-32-18-16-14-12-10-8-6-7-9-11-13-15-17-19-39(71-51-49(66)46(53)48(65)35(4)70-51)29-43-45(50(67)54-56-24-22-55(5)23-25-56)42(62)31-52(68,72-43)30-38(59)27-41(61)40(60)21-20-36(57)26-37(58)28-44(63)69-34(3)33(2)47(32)64/h6-19,32-43,45-49,51,57-62,64-66,68H,20-31,53H2,1-5H3,(H,54,67)/t32-,33-,34-,35+,36+,37+,38-,39-,40+,41+,42-,43-,45+,46-,47+,48+,49-,51-,52+/m0/s1. The fourth-order valence-electron chi connectivity index (χ4n) is 9.14. The number of carbonyl (C=O) groups excluding carboxylic acids is 2. The molecule has 19 atom stereocenters. The number of likely N-dealkylation sites (N-methyl/N-ethyl adjacent to an activating group) is 1. The molecule has 13 N–H and O–H groups in total. The molecule has 4 rings (SSSR count). The summed E-state index contributed by atoms with van der Waals surface area (Å²) in [5.74, 6) is -5.60. The molecule has 4 heterocycles. The lowest BCUT2D eigenvalue weighted by atomic mass is 9.82. The number of hydrazine groups is 1. The molecule has 408 valence electrons. The molecule has 0 spiro atoms. The maximum atomic E-state index is 14.1. The Morgan fingerprint density at radius 1 is 0.681 bits per heavy atom. The zero-order valence-electron chi connectivity index (χ0n) is 42.4. The number of nitrogens with two attached hydrogens (primary N) is 1. The average Bonchev–Trinajstić information content (AvgIpc) is 3.30. The summed E-state index contributed by atoms with van der Waals surface area (Å²) in [7, 11) is 1.96. The Kier molecular flexibility index (Phi) is 25.5. The number of carbonyl (C=O) groups is 2. The zero-order valence-corrected chi connectivity index (χ0v) is 42.4. The second-order valence-electron chi connectivity index (χ2n) is 20.0. The Balaban J connectivity index is 1.60. The summed E-state index contributed by atoms with van der Waals surface area (Å²) in [6, 6.07) is -1.13. The van der Waals surface area contributed by atoms with Gasteiger partial charge in [0.15, 0.2) is 12.1 Å². The number of nitrogens with one attached hydrogen (secondary N) is 1. The first-order valence-electron chi connectivity index (χ1n) is 25.3. The van der Waals surface area contributed by atoms with Crippen molar-refractivity contribution in [3.8, 4) is 0 Å². The Morgan fingerprint density at radius 2 is 1.26 bits per heavy atom. The van der Waals surface area contributed by atoms with E-state index >= 15 is 0 Å². The van der Waals surface area contributed by atoms with Gasteiger partial charge < -0.3 is 80.6 Å². The molecule has 20 heteroatoms. The number of hydrogen-bond donors (Lipinski definition) is 12. The first-order chi connectivity index (χ1) is 34.1. The predicted molar refractivity (Wildman–Crippen MR) is 267 cm³/mol. The number of cyclic esters (lactones) is 1. The van der Waals surface area contributed by atoms with Crippen LogP contribution in [0.3, 0.4) is 0 Å². The van der Waals surface area contributed by atoms with Gasteiger partial charge in [-0.25, -0.2) is 5.01 Å². The number of aliphatic hydroxyl groups is 10. The molecule has 4 aliphatic rings. The molecule has 1 amide bonds. The van der Waals surface area contributed by atoms with E-state index in [1.807, 2.05) is 56.5 Å². The van der Waals surface area contributed by atoms with Crippen LogP contribution < -0.4 is 11.2 Å². The number of rotatable bonds is 4. The second kappa shape index (κ2) is 30.1. The summed E-state index contributed by atoms with van der Waals surface area (Å²) in [6.07, 6.45) is 4.89. The average molecular weight is 1020 g/mol. The molecule has 0 radical (unpaired) electrons. The number of amides is 1. The van der Waals surface area contributed by atoms with E-state index in [1.54, 1.807) is 68.3 Å². The van der Waals surface area contributed by atoms with Crippen LogP contribution in [-0.2, 0) is 28.5 Å². The molecule has 72 heavy (non-hydrogen) atoms. The predicted octanol–water partition coefficient (Wildman–Crippen LogP) is -0.0943. The Labute approximate surface area is 424 Å². The van der Waals surface area contributed by atoms with E-state index in [1.165, 1.54) is 0 Å². The molecule has 0 unspecified atom stereocenters. The number of nitrogens with zero attached hydrogens (tertiary/aromatic N) is 2. The Bertz CT molecular complexity index is 1860. The third-order valence-electron chi connectivity index (χ3n) is 13.8. The van der Waals surface area contributed by atoms with Crippen LogP contribution in [0.25, 0.3) is 0 Å².